The Hall–Kier alpha value is -2.12. The zero-order valence-corrected chi connectivity index (χ0v) is 14.4. The van der Waals surface area contributed by atoms with Crippen molar-refractivity contribution in [3.8, 4) is 5.75 Å². The number of methoxy groups -OCH3 is 1. The van der Waals surface area contributed by atoms with E-state index in [9.17, 15) is 0 Å². The average Bonchev–Trinajstić information content (AvgIpc) is 3.10. The first-order chi connectivity index (χ1) is 11.7. The van der Waals surface area contributed by atoms with Crippen molar-refractivity contribution in [2.45, 2.75) is 25.9 Å². The number of ether oxygens (including phenoxy) is 2. The molecule has 0 spiro atoms. The lowest BCUT2D eigenvalue weighted by atomic mass is 10.2. The van der Waals surface area contributed by atoms with Crippen LogP contribution in [0.3, 0.4) is 0 Å². The number of hydrogen-bond donors (Lipinski definition) is 2. The standard InChI is InChI=1S/C16H20ClN5O2/c1-10-6-13(14(23-2)7-12(10)17)20-16-21-15(9-19-22-16)18-8-11-4-3-5-24-11/h6-7,9,11H,3-5,8H2,1-2H3,(H2,18,20,21,22). The zero-order valence-electron chi connectivity index (χ0n) is 13.7. The minimum absolute atomic E-state index is 0.232. The predicted octanol–water partition coefficient (Wildman–Crippen LogP) is 3.18. The maximum absolute atomic E-state index is 6.12. The molecule has 1 fully saturated rings. The van der Waals surface area contributed by atoms with E-state index in [2.05, 4.69) is 25.8 Å². The molecule has 2 aromatic rings. The minimum atomic E-state index is 0.232. The molecule has 128 valence electrons. The molecule has 1 aliphatic rings. The molecule has 2 N–H and O–H groups in total. The molecule has 8 heteroatoms. The first-order valence-corrected chi connectivity index (χ1v) is 8.20. The van der Waals surface area contributed by atoms with Gasteiger partial charge in [-0.3, -0.25) is 0 Å². The number of aryl methyl sites for hydroxylation is 1. The smallest absolute Gasteiger partial charge is 0.249 e. The van der Waals surface area contributed by atoms with Gasteiger partial charge < -0.3 is 20.1 Å². The Morgan fingerprint density at radius 1 is 1.42 bits per heavy atom. The number of hydrogen-bond acceptors (Lipinski definition) is 7. The Morgan fingerprint density at radius 2 is 2.29 bits per heavy atom. The van der Waals surface area contributed by atoms with Gasteiger partial charge in [0.15, 0.2) is 5.82 Å². The van der Waals surface area contributed by atoms with E-state index in [1.165, 1.54) is 0 Å². The largest absolute Gasteiger partial charge is 0.495 e. The normalized spacial score (nSPS) is 16.9. The molecule has 1 aliphatic heterocycles. The van der Waals surface area contributed by atoms with E-state index in [1.807, 2.05) is 13.0 Å². The van der Waals surface area contributed by atoms with Crippen LogP contribution in [0.4, 0.5) is 17.5 Å². The molecule has 1 unspecified atom stereocenters. The molecular weight excluding hydrogens is 330 g/mol. The summed E-state index contributed by atoms with van der Waals surface area (Å²) in [5.41, 5.74) is 1.66. The van der Waals surface area contributed by atoms with Crippen LogP contribution in [0.25, 0.3) is 0 Å². The van der Waals surface area contributed by atoms with Crippen molar-refractivity contribution in [2.24, 2.45) is 0 Å². The molecule has 7 nitrogen and oxygen atoms in total. The van der Waals surface area contributed by atoms with Crippen molar-refractivity contribution in [2.75, 3.05) is 30.9 Å². The fourth-order valence-electron chi connectivity index (χ4n) is 2.52. The van der Waals surface area contributed by atoms with Crippen molar-refractivity contribution in [1.82, 2.24) is 15.2 Å². The van der Waals surface area contributed by atoms with E-state index in [0.717, 1.165) is 30.7 Å². The summed E-state index contributed by atoms with van der Waals surface area (Å²) in [4.78, 5) is 4.42. The van der Waals surface area contributed by atoms with E-state index in [1.54, 1.807) is 19.4 Å². The van der Waals surface area contributed by atoms with Crippen LogP contribution in [-0.4, -0.2) is 41.5 Å². The number of nitrogens with zero attached hydrogens (tertiary/aromatic N) is 3. The third-order valence-corrected chi connectivity index (χ3v) is 4.23. The van der Waals surface area contributed by atoms with Crippen molar-refractivity contribution >= 4 is 29.1 Å². The lowest BCUT2D eigenvalue weighted by Gasteiger charge is -2.13. The Morgan fingerprint density at radius 3 is 3.04 bits per heavy atom. The summed E-state index contributed by atoms with van der Waals surface area (Å²) in [5.74, 6) is 1.65. The number of halogens is 1. The van der Waals surface area contributed by atoms with E-state index >= 15 is 0 Å². The van der Waals surface area contributed by atoms with Crippen LogP contribution >= 0.6 is 11.6 Å². The number of nitrogens with one attached hydrogen (secondary N) is 2. The second-order valence-corrected chi connectivity index (χ2v) is 6.02. The highest BCUT2D eigenvalue weighted by Crippen LogP contribution is 2.32. The average molecular weight is 350 g/mol. The van der Waals surface area contributed by atoms with Gasteiger partial charge in [0.05, 0.1) is 25.1 Å². The summed E-state index contributed by atoms with van der Waals surface area (Å²) in [6, 6.07) is 3.64. The molecule has 1 aromatic heterocycles. The Bertz CT molecular complexity index is 707. The van der Waals surface area contributed by atoms with Crippen LogP contribution in [0.15, 0.2) is 18.3 Å². The lowest BCUT2D eigenvalue weighted by molar-refractivity contribution is 0.120. The molecular formula is C16H20ClN5O2. The molecule has 1 atom stereocenters. The van der Waals surface area contributed by atoms with Gasteiger partial charge in [0, 0.05) is 24.2 Å². The monoisotopic (exact) mass is 349 g/mol. The quantitative estimate of drug-likeness (QED) is 0.828. The SMILES string of the molecule is COc1cc(Cl)c(C)cc1Nc1nncc(NCC2CCCO2)n1. The van der Waals surface area contributed by atoms with Crippen LogP contribution in [0.5, 0.6) is 5.75 Å². The Balaban J connectivity index is 1.71. The van der Waals surface area contributed by atoms with E-state index < -0.39 is 0 Å². The summed E-state index contributed by atoms with van der Waals surface area (Å²) >= 11 is 6.12. The molecule has 0 bridgehead atoms. The molecule has 1 aromatic carbocycles. The minimum Gasteiger partial charge on any atom is -0.495 e. The van der Waals surface area contributed by atoms with Crippen LogP contribution in [0.1, 0.15) is 18.4 Å². The first-order valence-electron chi connectivity index (χ1n) is 7.82. The van der Waals surface area contributed by atoms with Crippen molar-refractivity contribution in [3.63, 3.8) is 0 Å². The maximum Gasteiger partial charge on any atom is 0.249 e. The summed E-state index contributed by atoms with van der Waals surface area (Å²) in [5, 5.41) is 15.0. The van der Waals surface area contributed by atoms with Crippen LogP contribution < -0.4 is 15.4 Å². The molecule has 1 saturated heterocycles. The van der Waals surface area contributed by atoms with Gasteiger partial charge in [0.1, 0.15) is 5.75 Å². The summed E-state index contributed by atoms with van der Waals surface area (Å²) < 4.78 is 10.9. The molecule has 3 rings (SSSR count). The molecule has 0 amide bonds. The topological polar surface area (TPSA) is 81.2 Å². The van der Waals surface area contributed by atoms with E-state index in [-0.39, 0.29) is 6.10 Å². The second kappa shape index (κ2) is 7.63. The summed E-state index contributed by atoms with van der Waals surface area (Å²) in [6.45, 7) is 3.46. The molecule has 0 aliphatic carbocycles. The molecule has 2 heterocycles. The Kier molecular flexibility index (Phi) is 5.32. The van der Waals surface area contributed by atoms with Gasteiger partial charge in [-0.15, -0.1) is 5.10 Å². The first kappa shape index (κ1) is 16.7. The number of rotatable bonds is 6. The molecule has 0 radical (unpaired) electrons. The molecule has 0 saturated carbocycles. The van der Waals surface area contributed by atoms with Gasteiger partial charge in [-0.1, -0.05) is 11.6 Å². The van der Waals surface area contributed by atoms with E-state index in [0.29, 0.717) is 29.1 Å². The third kappa shape index (κ3) is 4.04. The van der Waals surface area contributed by atoms with Gasteiger partial charge in [0.2, 0.25) is 5.95 Å². The fraction of sp³-hybridized carbons (Fsp3) is 0.438. The highest BCUT2D eigenvalue weighted by atomic mass is 35.5. The number of anilines is 3. The van der Waals surface area contributed by atoms with Crippen LogP contribution in [-0.2, 0) is 4.74 Å². The highest BCUT2D eigenvalue weighted by molar-refractivity contribution is 6.31. The third-order valence-electron chi connectivity index (χ3n) is 3.82. The van der Waals surface area contributed by atoms with Crippen molar-refractivity contribution in [3.05, 3.63) is 28.9 Å². The van der Waals surface area contributed by atoms with Crippen molar-refractivity contribution < 1.29 is 9.47 Å². The number of aromatic nitrogens is 3. The van der Waals surface area contributed by atoms with Gasteiger partial charge in [-0.25, -0.2) is 0 Å². The molecule has 24 heavy (non-hydrogen) atoms. The highest BCUT2D eigenvalue weighted by Gasteiger charge is 2.15. The van der Waals surface area contributed by atoms with Crippen LogP contribution in [0, 0.1) is 6.92 Å². The maximum atomic E-state index is 6.12. The van der Waals surface area contributed by atoms with Gasteiger partial charge in [-0.2, -0.15) is 10.1 Å². The predicted molar refractivity (Wildman–Crippen MR) is 93.3 cm³/mol. The Labute approximate surface area is 145 Å². The summed E-state index contributed by atoms with van der Waals surface area (Å²) in [7, 11) is 1.59. The second-order valence-electron chi connectivity index (χ2n) is 5.61. The number of benzene rings is 1. The van der Waals surface area contributed by atoms with Crippen LogP contribution in [0.2, 0.25) is 5.02 Å². The van der Waals surface area contributed by atoms with Gasteiger partial charge in [-0.05, 0) is 31.4 Å². The fourth-order valence-corrected chi connectivity index (χ4v) is 2.67. The van der Waals surface area contributed by atoms with E-state index in [4.69, 9.17) is 21.1 Å². The zero-order chi connectivity index (χ0) is 16.9. The van der Waals surface area contributed by atoms with Gasteiger partial charge >= 0.3 is 0 Å². The lowest BCUT2D eigenvalue weighted by Crippen LogP contribution is -2.19. The van der Waals surface area contributed by atoms with Gasteiger partial charge in [0.25, 0.3) is 0 Å². The van der Waals surface area contributed by atoms with Crippen molar-refractivity contribution in [1.29, 1.82) is 0 Å². The summed E-state index contributed by atoms with van der Waals surface area (Å²) in [6.07, 6.45) is 3.99.